The van der Waals surface area contributed by atoms with E-state index in [2.05, 4.69) is 22.9 Å². The fourth-order valence-corrected chi connectivity index (χ4v) is 3.79. The summed E-state index contributed by atoms with van der Waals surface area (Å²) in [5, 5.41) is 17.3. The molecule has 0 bridgehead atoms. The average Bonchev–Trinajstić information content (AvgIpc) is 3.06. The Morgan fingerprint density at radius 1 is 0.935 bits per heavy atom. The van der Waals surface area contributed by atoms with E-state index in [0.717, 1.165) is 30.4 Å². The highest BCUT2D eigenvalue weighted by Gasteiger charge is 2.51. The molecule has 2 aromatic rings. The van der Waals surface area contributed by atoms with Crippen LogP contribution in [0.3, 0.4) is 0 Å². The molecular formula is C24H31N5O2. The lowest BCUT2D eigenvalue weighted by Crippen LogP contribution is -2.45. The van der Waals surface area contributed by atoms with Crippen LogP contribution in [0.25, 0.3) is 0 Å². The monoisotopic (exact) mass is 421 g/mol. The second kappa shape index (κ2) is 10.6. The van der Waals surface area contributed by atoms with Crippen LogP contribution in [-0.4, -0.2) is 42.4 Å². The van der Waals surface area contributed by atoms with Crippen molar-refractivity contribution in [1.29, 1.82) is 5.41 Å². The quantitative estimate of drug-likeness (QED) is 0.444. The minimum absolute atomic E-state index is 0.1000. The lowest BCUT2D eigenvalue weighted by molar-refractivity contribution is -0.130. The number of benzene rings is 2. The summed E-state index contributed by atoms with van der Waals surface area (Å²) in [5.74, 6) is -0.0526. The fraction of sp³-hybridized carbons (Fsp3) is 0.375. The molecule has 0 aromatic heterocycles. The molecule has 0 spiro atoms. The first kappa shape index (κ1) is 22.3. The van der Waals surface area contributed by atoms with E-state index in [-0.39, 0.29) is 17.9 Å². The summed E-state index contributed by atoms with van der Waals surface area (Å²) in [7, 11) is 0. The highest BCUT2D eigenvalue weighted by atomic mass is 16.2. The van der Waals surface area contributed by atoms with Crippen LogP contribution in [0, 0.1) is 5.41 Å². The SMILES string of the molecule is CCCCNC(=O)NCCCCN1C(=N)NC(c2ccccc2)(c2ccccc2)C1=O. The maximum Gasteiger partial charge on any atom is 0.314 e. The number of amides is 3. The molecule has 4 N–H and O–H groups in total. The molecule has 1 heterocycles. The number of carbonyl (C=O) groups excluding carboxylic acids is 2. The van der Waals surface area contributed by atoms with Crippen LogP contribution in [0.2, 0.25) is 0 Å². The zero-order valence-electron chi connectivity index (χ0n) is 18.0. The summed E-state index contributed by atoms with van der Waals surface area (Å²) in [4.78, 5) is 26.8. The summed E-state index contributed by atoms with van der Waals surface area (Å²) in [5.41, 5.74) is 0.518. The van der Waals surface area contributed by atoms with Gasteiger partial charge in [-0.15, -0.1) is 0 Å². The Bertz CT molecular complexity index is 846. The fourth-order valence-electron chi connectivity index (χ4n) is 3.79. The highest BCUT2D eigenvalue weighted by Crippen LogP contribution is 2.35. The molecule has 0 radical (unpaired) electrons. The zero-order chi connectivity index (χ0) is 22.1. The van der Waals surface area contributed by atoms with Crippen LogP contribution in [-0.2, 0) is 10.3 Å². The van der Waals surface area contributed by atoms with Gasteiger partial charge in [-0.05, 0) is 30.4 Å². The minimum Gasteiger partial charge on any atom is -0.338 e. The Hall–Kier alpha value is -3.35. The summed E-state index contributed by atoms with van der Waals surface area (Å²) >= 11 is 0. The Morgan fingerprint density at radius 3 is 2.03 bits per heavy atom. The Balaban J connectivity index is 1.63. The largest absolute Gasteiger partial charge is 0.338 e. The van der Waals surface area contributed by atoms with Crippen LogP contribution in [0.15, 0.2) is 60.7 Å². The predicted octanol–water partition coefficient (Wildman–Crippen LogP) is 3.18. The third-order valence-corrected chi connectivity index (χ3v) is 5.47. The first-order chi connectivity index (χ1) is 15.1. The summed E-state index contributed by atoms with van der Waals surface area (Å²) < 4.78 is 0. The van der Waals surface area contributed by atoms with E-state index in [0.29, 0.717) is 26.1 Å². The van der Waals surface area contributed by atoms with Gasteiger partial charge in [0, 0.05) is 19.6 Å². The number of carbonyl (C=O) groups is 2. The first-order valence-electron chi connectivity index (χ1n) is 10.9. The van der Waals surface area contributed by atoms with Crippen molar-refractivity contribution >= 4 is 17.9 Å². The molecule has 0 unspecified atom stereocenters. The van der Waals surface area contributed by atoms with E-state index in [1.807, 2.05) is 60.7 Å². The van der Waals surface area contributed by atoms with Gasteiger partial charge in [0.15, 0.2) is 11.5 Å². The molecule has 164 valence electrons. The summed E-state index contributed by atoms with van der Waals surface area (Å²) in [6.07, 6.45) is 3.41. The van der Waals surface area contributed by atoms with Crippen LogP contribution in [0.4, 0.5) is 4.79 Å². The molecule has 1 fully saturated rings. The Morgan fingerprint density at radius 2 is 1.48 bits per heavy atom. The van der Waals surface area contributed by atoms with Gasteiger partial charge in [0.25, 0.3) is 5.91 Å². The van der Waals surface area contributed by atoms with Gasteiger partial charge in [0.2, 0.25) is 0 Å². The number of nitrogens with one attached hydrogen (secondary N) is 4. The number of nitrogens with zero attached hydrogens (tertiary/aromatic N) is 1. The van der Waals surface area contributed by atoms with E-state index >= 15 is 0 Å². The second-order valence-corrected chi connectivity index (χ2v) is 7.66. The zero-order valence-corrected chi connectivity index (χ0v) is 18.0. The molecule has 7 heteroatoms. The van der Waals surface area contributed by atoms with Crippen molar-refractivity contribution < 1.29 is 9.59 Å². The third kappa shape index (κ3) is 5.05. The van der Waals surface area contributed by atoms with Gasteiger partial charge in [-0.25, -0.2) is 4.79 Å². The number of unbranched alkanes of at least 4 members (excludes halogenated alkanes) is 2. The molecule has 7 nitrogen and oxygen atoms in total. The van der Waals surface area contributed by atoms with Gasteiger partial charge in [-0.1, -0.05) is 74.0 Å². The van der Waals surface area contributed by atoms with Gasteiger partial charge in [0.05, 0.1) is 0 Å². The predicted molar refractivity (Wildman–Crippen MR) is 122 cm³/mol. The van der Waals surface area contributed by atoms with E-state index < -0.39 is 5.54 Å². The van der Waals surface area contributed by atoms with Crippen molar-refractivity contribution in [3.05, 3.63) is 71.8 Å². The smallest absolute Gasteiger partial charge is 0.314 e. The maximum absolute atomic E-state index is 13.6. The number of rotatable bonds is 10. The topological polar surface area (TPSA) is 97.3 Å². The first-order valence-corrected chi connectivity index (χ1v) is 10.9. The Kier molecular flexibility index (Phi) is 7.65. The van der Waals surface area contributed by atoms with Crippen molar-refractivity contribution in [3.8, 4) is 0 Å². The van der Waals surface area contributed by atoms with Crippen LogP contribution in [0.5, 0.6) is 0 Å². The molecule has 1 aliphatic rings. The van der Waals surface area contributed by atoms with Crippen molar-refractivity contribution in [2.24, 2.45) is 0 Å². The second-order valence-electron chi connectivity index (χ2n) is 7.66. The number of urea groups is 1. The number of hydrogen-bond acceptors (Lipinski definition) is 3. The van der Waals surface area contributed by atoms with Gasteiger partial charge in [0.1, 0.15) is 0 Å². The van der Waals surface area contributed by atoms with Crippen molar-refractivity contribution in [2.75, 3.05) is 19.6 Å². The van der Waals surface area contributed by atoms with Crippen molar-refractivity contribution in [1.82, 2.24) is 20.9 Å². The molecular weight excluding hydrogens is 390 g/mol. The molecule has 3 amide bonds. The van der Waals surface area contributed by atoms with Crippen LogP contribution >= 0.6 is 0 Å². The van der Waals surface area contributed by atoms with Crippen LogP contribution in [0.1, 0.15) is 43.7 Å². The summed E-state index contributed by atoms with van der Waals surface area (Å²) in [6.45, 7) is 3.71. The van der Waals surface area contributed by atoms with E-state index in [1.54, 1.807) is 0 Å². The van der Waals surface area contributed by atoms with Gasteiger partial charge in [-0.3, -0.25) is 15.1 Å². The third-order valence-electron chi connectivity index (χ3n) is 5.47. The molecule has 3 rings (SSSR count). The lowest BCUT2D eigenvalue weighted by atomic mass is 9.82. The Labute approximate surface area is 183 Å². The molecule has 31 heavy (non-hydrogen) atoms. The molecule has 2 aromatic carbocycles. The molecule has 0 saturated carbocycles. The summed E-state index contributed by atoms with van der Waals surface area (Å²) in [6, 6.07) is 18.9. The minimum atomic E-state index is -1.10. The average molecular weight is 422 g/mol. The highest BCUT2D eigenvalue weighted by molar-refractivity contribution is 6.10. The van der Waals surface area contributed by atoms with Gasteiger partial charge < -0.3 is 16.0 Å². The molecule has 0 atom stereocenters. The molecule has 1 saturated heterocycles. The normalized spacial score (nSPS) is 14.9. The van der Waals surface area contributed by atoms with Crippen LogP contribution < -0.4 is 16.0 Å². The number of hydrogen-bond donors (Lipinski definition) is 4. The molecule has 0 aliphatic carbocycles. The van der Waals surface area contributed by atoms with Crippen molar-refractivity contribution in [2.45, 2.75) is 38.1 Å². The van der Waals surface area contributed by atoms with Crippen molar-refractivity contribution in [3.63, 3.8) is 0 Å². The van der Waals surface area contributed by atoms with E-state index in [9.17, 15) is 9.59 Å². The molecule has 1 aliphatic heterocycles. The number of guanidine groups is 1. The van der Waals surface area contributed by atoms with Gasteiger partial charge >= 0.3 is 6.03 Å². The van der Waals surface area contributed by atoms with E-state index in [4.69, 9.17) is 5.41 Å². The van der Waals surface area contributed by atoms with E-state index in [1.165, 1.54) is 4.90 Å². The lowest BCUT2D eigenvalue weighted by Gasteiger charge is -2.28. The van der Waals surface area contributed by atoms with Gasteiger partial charge in [-0.2, -0.15) is 0 Å². The standard InChI is InChI=1S/C24H31N5O2/c1-2-3-16-26-23(31)27-17-10-11-18-29-21(30)24(28-22(29)25,19-12-6-4-7-13-19)20-14-8-5-9-15-20/h4-9,12-15H,2-3,10-11,16-18H2,1H3,(H2,25,28)(H2,26,27,31). The maximum atomic E-state index is 13.6.